The van der Waals surface area contributed by atoms with Gasteiger partial charge in [0.2, 0.25) is 10.0 Å². The first-order valence-corrected chi connectivity index (χ1v) is 8.22. The summed E-state index contributed by atoms with van der Waals surface area (Å²) in [7, 11) is -3.32. The number of rotatable bonds is 3. The molecule has 0 atom stereocenters. The number of hydrogen-bond donors (Lipinski definition) is 1. The summed E-state index contributed by atoms with van der Waals surface area (Å²) in [6.07, 6.45) is 2.60. The van der Waals surface area contributed by atoms with Gasteiger partial charge in [-0.3, -0.25) is 4.72 Å². The molecule has 0 saturated heterocycles. The molecule has 2 heterocycles. The summed E-state index contributed by atoms with van der Waals surface area (Å²) in [6.45, 7) is 1.87. The molecular formula is C14H14N4O2S. The topological polar surface area (TPSA) is 76.9 Å². The first-order valence-electron chi connectivity index (χ1n) is 6.33. The number of sulfonamides is 1. The van der Waals surface area contributed by atoms with Crippen molar-refractivity contribution in [2.75, 3.05) is 11.0 Å². The van der Waals surface area contributed by atoms with Crippen LogP contribution in [-0.2, 0) is 10.0 Å². The quantitative estimate of drug-likeness (QED) is 0.804. The first kappa shape index (κ1) is 13.6. The number of benzene rings is 1. The molecule has 3 rings (SSSR count). The monoisotopic (exact) mass is 302 g/mol. The third-order valence-electron chi connectivity index (χ3n) is 3.01. The number of pyridine rings is 1. The van der Waals surface area contributed by atoms with Gasteiger partial charge >= 0.3 is 0 Å². The van der Waals surface area contributed by atoms with Crippen LogP contribution in [0.25, 0.3) is 16.7 Å². The van der Waals surface area contributed by atoms with Crippen molar-refractivity contribution >= 4 is 26.7 Å². The van der Waals surface area contributed by atoms with Crippen molar-refractivity contribution < 1.29 is 8.42 Å². The van der Waals surface area contributed by atoms with E-state index < -0.39 is 10.0 Å². The normalized spacial score (nSPS) is 11.7. The summed E-state index contributed by atoms with van der Waals surface area (Å²) in [5, 5.41) is 5.29. The van der Waals surface area contributed by atoms with Crippen LogP contribution >= 0.6 is 0 Å². The van der Waals surface area contributed by atoms with Gasteiger partial charge in [0.15, 0.2) is 5.65 Å². The average Bonchev–Trinajstić information content (AvgIpc) is 2.75. The van der Waals surface area contributed by atoms with Crippen LogP contribution in [0.3, 0.4) is 0 Å². The number of para-hydroxylation sites is 1. The van der Waals surface area contributed by atoms with Gasteiger partial charge in [-0.25, -0.2) is 18.1 Å². The predicted octanol–water partition coefficient (Wildman–Crippen LogP) is 2.10. The lowest BCUT2D eigenvalue weighted by Crippen LogP contribution is -2.09. The number of fused-ring (bicyclic) bond motifs is 1. The molecular weight excluding hydrogens is 288 g/mol. The summed E-state index contributed by atoms with van der Waals surface area (Å²) < 4.78 is 26.7. The second-order valence-corrected chi connectivity index (χ2v) is 6.55. The van der Waals surface area contributed by atoms with Gasteiger partial charge in [-0.15, -0.1) is 0 Å². The van der Waals surface area contributed by atoms with Gasteiger partial charge in [-0.1, -0.05) is 18.2 Å². The van der Waals surface area contributed by atoms with Gasteiger partial charge in [0, 0.05) is 5.39 Å². The lowest BCUT2D eigenvalue weighted by Gasteiger charge is -2.04. The van der Waals surface area contributed by atoms with Gasteiger partial charge < -0.3 is 0 Å². The number of aryl methyl sites for hydroxylation is 1. The van der Waals surface area contributed by atoms with Gasteiger partial charge in [-0.2, -0.15) is 5.10 Å². The van der Waals surface area contributed by atoms with Gasteiger partial charge in [0.25, 0.3) is 0 Å². The van der Waals surface area contributed by atoms with E-state index in [0.717, 1.165) is 23.0 Å². The Labute approximate surface area is 122 Å². The number of nitrogens with one attached hydrogen (secondary N) is 1. The minimum atomic E-state index is -3.32. The molecule has 1 aromatic carbocycles. The van der Waals surface area contributed by atoms with E-state index in [1.165, 1.54) is 6.20 Å². The molecule has 0 aliphatic heterocycles. The molecule has 0 spiro atoms. The fourth-order valence-corrected chi connectivity index (χ4v) is 2.70. The number of anilines is 1. The van der Waals surface area contributed by atoms with E-state index in [9.17, 15) is 8.42 Å². The summed E-state index contributed by atoms with van der Waals surface area (Å²) in [5.41, 5.74) is 2.82. The van der Waals surface area contributed by atoms with E-state index in [4.69, 9.17) is 0 Å². The summed E-state index contributed by atoms with van der Waals surface area (Å²) in [5.74, 6) is 0. The largest absolute Gasteiger partial charge is 0.282 e. The molecule has 3 aromatic rings. The van der Waals surface area contributed by atoms with E-state index in [2.05, 4.69) is 14.8 Å². The molecule has 2 aromatic heterocycles. The minimum absolute atomic E-state index is 0.431. The predicted molar refractivity (Wildman–Crippen MR) is 82.1 cm³/mol. The third-order valence-corrected chi connectivity index (χ3v) is 3.62. The molecule has 0 bridgehead atoms. The summed E-state index contributed by atoms with van der Waals surface area (Å²) in [4.78, 5) is 4.34. The molecule has 0 unspecified atom stereocenters. The van der Waals surface area contributed by atoms with E-state index in [1.54, 1.807) is 10.7 Å². The van der Waals surface area contributed by atoms with Crippen LogP contribution in [0.4, 0.5) is 5.69 Å². The van der Waals surface area contributed by atoms with Crippen molar-refractivity contribution in [3.05, 3.63) is 48.3 Å². The Bertz CT molecular complexity index is 901. The number of nitrogens with zero attached hydrogens (tertiary/aromatic N) is 3. The molecule has 108 valence electrons. The zero-order valence-corrected chi connectivity index (χ0v) is 12.4. The van der Waals surface area contributed by atoms with Crippen molar-refractivity contribution in [1.82, 2.24) is 14.8 Å². The molecule has 0 aliphatic carbocycles. The van der Waals surface area contributed by atoms with Crippen LogP contribution in [-0.4, -0.2) is 29.4 Å². The second-order valence-electron chi connectivity index (χ2n) is 4.80. The van der Waals surface area contributed by atoms with Crippen LogP contribution in [0.5, 0.6) is 0 Å². The highest BCUT2D eigenvalue weighted by Gasteiger charge is 2.12. The van der Waals surface area contributed by atoms with Crippen molar-refractivity contribution in [1.29, 1.82) is 0 Å². The Morgan fingerprint density at radius 1 is 1.19 bits per heavy atom. The maximum Gasteiger partial charge on any atom is 0.229 e. The third kappa shape index (κ3) is 2.73. The fraction of sp³-hybridized carbons (Fsp3) is 0.143. The molecule has 6 nitrogen and oxygen atoms in total. The molecule has 7 heteroatoms. The Kier molecular flexibility index (Phi) is 3.13. The molecule has 21 heavy (non-hydrogen) atoms. The molecule has 0 saturated carbocycles. The highest BCUT2D eigenvalue weighted by atomic mass is 32.2. The fourth-order valence-electron chi connectivity index (χ4n) is 2.16. The van der Waals surface area contributed by atoms with Crippen LogP contribution < -0.4 is 4.72 Å². The zero-order chi connectivity index (χ0) is 15.0. The molecule has 0 aliphatic rings. The lowest BCUT2D eigenvalue weighted by atomic mass is 10.2. The van der Waals surface area contributed by atoms with Crippen LogP contribution in [0.1, 0.15) is 5.69 Å². The zero-order valence-electron chi connectivity index (χ0n) is 11.6. The van der Waals surface area contributed by atoms with Crippen molar-refractivity contribution in [3.8, 4) is 5.69 Å². The maximum absolute atomic E-state index is 11.3. The Morgan fingerprint density at radius 3 is 2.57 bits per heavy atom. The van der Waals surface area contributed by atoms with Crippen LogP contribution in [0.2, 0.25) is 0 Å². The molecule has 1 N–H and O–H groups in total. The Balaban J connectivity index is 2.15. The lowest BCUT2D eigenvalue weighted by molar-refractivity contribution is 0.607. The van der Waals surface area contributed by atoms with Gasteiger partial charge in [-0.05, 0) is 25.1 Å². The molecule has 0 radical (unpaired) electrons. The highest BCUT2D eigenvalue weighted by molar-refractivity contribution is 7.92. The maximum atomic E-state index is 11.3. The van der Waals surface area contributed by atoms with Crippen molar-refractivity contribution in [2.45, 2.75) is 6.92 Å². The second kappa shape index (κ2) is 4.85. The van der Waals surface area contributed by atoms with Gasteiger partial charge in [0.1, 0.15) is 0 Å². The minimum Gasteiger partial charge on any atom is -0.282 e. The first-order chi connectivity index (χ1) is 9.94. The van der Waals surface area contributed by atoms with Crippen LogP contribution in [0, 0.1) is 6.92 Å². The van der Waals surface area contributed by atoms with E-state index in [1.807, 2.05) is 37.3 Å². The van der Waals surface area contributed by atoms with E-state index >= 15 is 0 Å². The van der Waals surface area contributed by atoms with E-state index in [0.29, 0.717) is 11.3 Å². The standard InChI is InChI=1S/C14H14N4O2S/c1-10-13-8-11(17-21(2,19)20)9-15-14(13)18(16-10)12-6-4-3-5-7-12/h3-9,17H,1-2H3. The van der Waals surface area contributed by atoms with Crippen molar-refractivity contribution in [2.24, 2.45) is 0 Å². The summed E-state index contributed by atoms with van der Waals surface area (Å²) >= 11 is 0. The van der Waals surface area contributed by atoms with E-state index in [-0.39, 0.29) is 0 Å². The average molecular weight is 302 g/mol. The Hall–Kier alpha value is -2.41. The molecule has 0 fully saturated rings. The van der Waals surface area contributed by atoms with Gasteiger partial charge in [0.05, 0.1) is 29.5 Å². The van der Waals surface area contributed by atoms with Crippen LogP contribution in [0.15, 0.2) is 42.6 Å². The summed E-state index contributed by atoms with van der Waals surface area (Å²) in [6, 6.07) is 11.4. The number of hydrogen-bond acceptors (Lipinski definition) is 4. The number of aromatic nitrogens is 3. The highest BCUT2D eigenvalue weighted by Crippen LogP contribution is 2.23. The smallest absolute Gasteiger partial charge is 0.229 e. The molecule has 0 amide bonds. The SMILES string of the molecule is Cc1nn(-c2ccccc2)c2ncc(NS(C)(=O)=O)cc12. The van der Waals surface area contributed by atoms with Crippen molar-refractivity contribution in [3.63, 3.8) is 0 Å². The Morgan fingerprint density at radius 2 is 1.90 bits per heavy atom.